The van der Waals surface area contributed by atoms with Gasteiger partial charge in [0.05, 0.1) is 32.3 Å². The van der Waals surface area contributed by atoms with Crippen LogP contribution in [0.2, 0.25) is 0 Å². The Bertz CT molecular complexity index is 738. The Morgan fingerprint density at radius 3 is 2.79 bits per heavy atom. The van der Waals surface area contributed by atoms with E-state index >= 15 is 0 Å². The number of hydrogen-bond acceptors (Lipinski definition) is 5. The molecule has 1 N–H and O–H groups in total. The molecule has 7 heteroatoms. The van der Waals surface area contributed by atoms with Crippen LogP contribution in [0.1, 0.15) is 32.8 Å². The van der Waals surface area contributed by atoms with Crippen molar-refractivity contribution in [1.82, 2.24) is 15.1 Å². The first kappa shape index (κ1) is 20.2. The fourth-order valence-electron chi connectivity index (χ4n) is 3.04. The van der Waals surface area contributed by atoms with Crippen molar-refractivity contribution in [3.63, 3.8) is 0 Å². The number of nitrogens with zero attached hydrogens (tertiary/aromatic N) is 2. The van der Waals surface area contributed by atoms with E-state index in [1.54, 1.807) is 6.20 Å². The summed E-state index contributed by atoms with van der Waals surface area (Å²) in [6.07, 6.45) is 3.77. The van der Waals surface area contributed by atoms with Gasteiger partial charge in [0.1, 0.15) is 11.9 Å². The number of alkyl carbamates (subject to hydrolysis) is 1. The summed E-state index contributed by atoms with van der Waals surface area (Å²) >= 11 is 0. The molecular formula is C21H29N3O4. The molecule has 1 aliphatic rings. The van der Waals surface area contributed by atoms with Gasteiger partial charge >= 0.3 is 6.09 Å². The van der Waals surface area contributed by atoms with Gasteiger partial charge in [0.15, 0.2) is 0 Å². The number of hydrogen-bond donors (Lipinski definition) is 1. The zero-order chi connectivity index (χ0) is 20.0. The Labute approximate surface area is 166 Å². The first-order chi connectivity index (χ1) is 13.4. The molecule has 2 atom stereocenters. The number of ether oxygens (including phenoxy) is 3. The van der Waals surface area contributed by atoms with Crippen LogP contribution in [0.15, 0.2) is 42.7 Å². The molecule has 2 heterocycles. The third-order valence-corrected chi connectivity index (χ3v) is 4.43. The Morgan fingerprint density at radius 1 is 1.32 bits per heavy atom. The lowest BCUT2D eigenvalue weighted by atomic mass is 9.99. The molecule has 1 aliphatic heterocycles. The molecule has 7 nitrogen and oxygen atoms in total. The van der Waals surface area contributed by atoms with Gasteiger partial charge in [-0.15, -0.1) is 0 Å². The molecular weight excluding hydrogens is 358 g/mol. The van der Waals surface area contributed by atoms with Gasteiger partial charge in [0, 0.05) is 24.4 Å². The topological polar surface area (TPSA) is 74.6 Å². The van der Waals surface area contributed by atoms with E-state index in [2.05, 4.69) is 10.4 Å². The van der Waals surface area contributed by atoms with E-state index in [-0.39, 0.29) is 17.6 Å². The third kappa shape index (κ3) is 6.27. The maximum Gasteiger partial charge on any atom is 0.407 e. The van der Waals surface area contributed by atoms with Crippen LogP contribution in [-0.2, 0) is 16.0 Å². The predicted octanol–water partition coefficient (Wildman–Crippen LogP) is 3.24. The van der Waals surface area contributed by atoms with Crippen molar-refractivity contribution >= 4 is 6.09 Å². The fourth-order valence-corrected chi connectivity index (χ4v) is 3.04. The van der Waals surface area contributed by atoms with Crippen molar-refractivity contribution in [3.8, 4) is 5.75 Å². The number of benzene rings is 1. The molecule has 0 saturated carbocycles. The smallest absolute Gasteiger partial charge is 0.407 e. The lowest BCUT2D eigenvalue weighted by Gasteiger charge is -2.32. The summed E-state index contributed by atoms with van der Waals surface area (Å²) in [5.41, 5.74) is 0.823. The molecule has 1 aromatic carbocycles. The Hall–Kier alpha value is -2.54. The van der Waals surface area contributed by atoms with Crippen molar-refractivity contribution in [2.45, 2.75) is 45.4 Å². The van der Waals surface area contributed by atoms with Crippen LogP contribution < -0.4 is 10.1 Å². The van der Waals surface area contributed by atoms with E-state index in [4.69, 9.17) is 14.2 Å². The summed E-state index contributed by atoms with van der Waals surface area (Å²) in [6, 6.07) is 9.86. The number of carbonyl (C=O) groups is 1. The first-order valence-corrected chi connectivity index (χ1v) is 9.65. The highest BCUT2D eigenvalue weighted by molar-refractivity contribution is 5.68. The molecule has 2 aromatic rings. The lowest BCUT2D eigenvalue weighted by molar-refractivity contribution is -0.0569. The number of amides is 1. The summed E-state index contributed by atoms with van der Waals surface area (Å²) in [4.78, 5) is 12.1. The van der Waals surface area contributed by atoms with Gasteiger partial charge < -0.3 is 19.5 Å². The summed E-state index contributed by atoms with van der Waals surface area (Å²) in [7, 11) is 0. The molecule has 0 unspecified atom stereocenters. The molecule has 1 saturated heterocycles. The van der Waals surface area contributed by atoms with Crippen molar-refractivity contribution in [1.29, 1.82) is 0 Å². The minimum atomic E-state index is -0.396. The maximum absolute atomic E-state index is 12.1. The Morgan fingerprint density at radius 2 is 2.11 bits per heavy atom. The van der Waals surface area contributed by atoms with E-state index in [1.807, 2.05) is 62.0 Å². The molecule has 1 fully saturated rings. The minimum Gasteiger partial charge on any atom is -0.493 e. The molecule has 0 radical (unpaired) electrons. The van der Waals surface area contributed by atoms with Crippen LogP contribution in [0.4, 0.5) is 4.79 Å². The van der Waals surface area contributed by atoms with Gasteiger partial charge in [-0.3, -0.25) is 4.68 Å². The second kappa shape index (κ2) is 9.10. The molecule has 0 spiro atoms. The summed E-state index contributed by atoms with van der Waals surface area (Å²) in [5.74, 6) is 0.788. The van der Waals surface area contributed by atoms with E-state index in [1.165, 1.54) is 0 Å². The van der Waals surface area contributed by atoms with E-state index < -0.39 is 6.09 Å². The number of aromatic nitrogens is 2. The lowest BCUT2D eigenvalue weighted by Crippen LogP contribution is -2.46. The van der Waals surface area contributed by atoms with Crippen LogP contribution in [0.25, 0.3) is 0 Å². The zero-order valence-electron chi connectivity index (χ0n) is 16.8. The van der Waals surface area contributed by atoms with Crippen LogP contribution in [0.3, 0.4) is 0 Å². The average molecular weight is 387 g/mol. The van der Waals surface area contributed by atoms with Crippen LogP contribution in [-0.4, -0.2) is 47.3 Å². The molecule has 152 valence electrons. The SMILES string of the molecule is CC(C)(C)NC(=O)O[C@H]1CCOC[C@@H]1COc1ccc(Cn2cccn2)cc1. The van der Waals surface area contributed by atoms with Crippen LogP contribution >= 0.6 is 0 Å². The zero-order valence-corrected chi connectivity index (χ0v) is 16.8. The first-order valence-electron chi connectivity index (χ1n) is 9.65. The van der Waals surface area contributed by atoms with Crippen LogP contribution in [0, 0.1) is 5.92 Å². The number of carbonyl (C=O) groups excluding carboxylic acids is 1. The predicted molar refractivity (Wildman–Crippen MR) is 105 cm³/mol. The third-order valence-electron chi connectivity index (χ3n) is 4.43. The van der Waals surface area contributed by atoms with Crippen molar-refractivity contribution in [2.24, 2.45) is 5.92 Å². The summed E-state index contributed by atoms with van der Waals surface area (Å²) in [6.45, 7) is 8.05. The van der Waals surface area contributed by atoms with Crippen molar-refractivity contribution < 1.29 is 19.0 Å². The molecule has 3 rings (SSSR count). The fraction of sp³-hybridized carbons (Fsp3) is 0.524. The van der Waals surface area contributed by atoms with Gasteiger partial charge in [-0.25, -0.2) is 4.79 Å². The van der Waals surface area contributed by atoms with E-state index in [0.717, 1.165) is 17.9 Å². The normalized spacial score (nSPS) is 19.8. The molecule has 0 bridgehead atoms. The second-order valence-electron chi connectivity index (χ2n) is 8.10. The van der Waals surface area contributed by atoms with Gasteiger partial charge in [0.25, 0.3) is 0 Å². The minimum absolute atomic E-state index is 0.00298. The molecule has 1 amide bonds. The average Bonchev–Trinajstić information content (AvgIpc) is 3.13. The Kier molecular flexibility index (Phi) is 6.57. The quantitative estimate of drug-likeness (QED) is 0.824. The van der Waals surface area contributed by atoms with Gasteiger partial charge in [-0.05, 0) is 44.5 Å². The van der Waals surface area contributed by atoms with Gasteiger partial charge in [-0.2, -0.15) is 5.10 Å². The van der Waals surface area contributed by atoms with Gasteiger partial charge in [0.2, 0.25) is 0 Å². The monoisotopic (exact) mass is 387 g/mol. The highest BCUT2D eigenvalue weighted by Gasteiger charge is 2.30. The summed E-state index contributed by atoms with van der Waals surface area (Å²) < 4.78 is 19.0. The molecule has 0 aliphatic carbocycles. The van der Waals surface area contributed by atoms with Crippen LogP contribution in [0.5, 0.6) is 5.75 Å². The van der Waals surface area contributed by atoms with E-state index in [9.17, 15) is 4.79 Å². The number of nitrogens with one attached hydrogen (secondary N) is 1. The highest BCUT2D eigenvalue weighted by Crippen LogP contribution is 2.21. The maximum atomic E-state index is 12.1. The highest BCUT2D eigenvalue weighted by atomic mass is 16.6. The Balaban J connectivity index is 1.50. The largest absolute Gasteiger partial charge is 0.493 e. The number of rotatable bonds is 6. The van der Waals surface area contributed by atoms with Crippen molar-refractivity contribution in [2.75, 3.05) is 19.8 Å². The molecule has 1 aromatic heterocycles. The molecule has 28 heavy (non-hydrogen) atoms. The van der Waals surface area contributed by atoms with E-state index in [0.29, 0.717) is 26.2 Å². The van der Waals surface area contributed by atoms with Gasteiger partial charge in [-0.1, -0.05) is 12.1 Å². The standard InChI is InChI=1S/C21H29N3O4/c1-21(2,3)23-20(25)28-19-9-12-26-14-17(19)15-27-18-7-5-16(6-8-18)13-24-11-4-10-22-24/h4-8,10-11,17,19H,9,12-15H2,1-3H3,(H,23,25)/t17-,19+/m1/s1. The second-order valence-corrected chi connectivity index (χ2v) is 8.10. The van der Waals surface area contributed by atoms with Crippen molar-refractivity contribution in [3.05, 3.63) is 48.3 Å². The summed E-state index contributed by atoms with van der Waals surface area (Å²) in [5, 5.41) is 7.05.